The monoisotopic (exact) mass is 182 g/mol. The van der Waals surface area contributed by atoms with Gasteiger partial charge in [-0.05, 0) is 31.6 Å². The summed E-state index contributed by atoms with van der Waals surface area (Å²) in [7, 11) is 0. The number of aliphatic carboxylic acids is 1. The van der Waals surface area contributed by atoms with E-state index in [1.54, 1.807) is 0 Å². The zero-order chi connectivity index (χ0) is 9.47. The molecular weight excluding hydrogens is 168 g/mol. The Hall–Kier alpha value is -0.830. The number of allylic oxidation sites excluding steroid dienone is 1. The highest BCUT2D eigenvalue weighted by Gasteiger charge is 2.48. The fourth-order valence-electron chi connectivity index (χ4n) is 2.84. The maximum Gasteiger partial charge on any atom is 0.331 e. The molecular formula is C10H14O3. The Bertz CT molecular complexity index is 269. The van der Waals surface area contributed by atoms with Crippen molar-refractivity contribution in [2.24, 2.45) is 11.3 Å². The van der Waals surface area contributed by atoms with E-state index in [9.17, 15) is 4.79 Å². The summed E-state index contributed by atoms with van der Waals surface area (Å²) >= 11 is 0. The maximum atomic E-state index is 10.9. The fourth-order valence-corrected chi connectivity index (χ4v) is 2.84. The Morgan fingerprint density at radius 3 is 3.00 bits per heavy atom. The molecule has 0 aromatic rings. The lowest BCUT2D eigenvalue weighted by molar-refractivity contribution is -0.134. The summed E-state index contributed by atoms with van der Waals surface area (Å²) in [6.45, 7) is 0.0946. The Morgan fingerprint density at radius 1 is 1.69 bits per heavy atom. The van der Waals surface area contributed by atoms with Gasteiger partial charge in [0.2, 0.25) is 0 Å². The van der Waals surface area contributed by atoms with Crippen molar-refractivity contribution in [1.82, 2.24) is 0 Å². The van der Waals surface area contributed by atoms with Crippen molar-refractivity contribution in [2.75, 3.05) is 6.61 Å². The zero-order valence-electron chi connectivity index (χ0n) is 7.49. The van der Waals surface area contributed by atoms with Gasteiger partial charge in [0.25, 0.3) is 0 Å². The lowest BCUT2D eigenvalue weighted by atomic mass is 9.78. The third-order valence-electron chi connectivity index (χ3n) is 3.44. The van der Waals surface area contributed by atoms with Crippen LogP contribution in [0.25, 0.3) is 0 Å². The topological polar surface area (TPSA) is 57.5 Å². The molecule has 2 aliphatic rings. The Kier molecular flexibility index (Phi) is 1.91. The van der Waals surface area contributed by atoms with Gasteiger partial charge in [-0.15, -0.1) is 0 Å². The van der Waals surface area contributed by atoms with E-state index in [2.05, 4.69) is 0 Å². The minimum Gasteiger partial charge on any atom is -0.478 e. The van der Waals surface area contributed by atoms with Crippen molar-refractivity contribution in [3.05, 3.63) is 11.6 Å². The number of hydrogen-bond donors (Lipinski definition) is 2. The van der Waals surface area contributed by atoms with Gasteiger partial charge in [-0.1, -0.05) is 6.08 Å². The van der Waals surface area contributed by atoms with Crippen molar-refractivity contribution in [1.29, 1.82) is 0 Å². The SMILES string of the molecule is O=C(O)C1=CC2CCC1(CCO)C2. The van der Waals surface area contributed by atoms with Gasteiger partial charge in [-0.3, -0.25) is 0 Å². The highest BCUT2D eigenvalue weighted by molar-refractivity contribution is 5.89. The van der Waals surface area contributed by atoms with Crippen LogP contribution >= 0.6 is 0 Å². The molecule has 3 nitrogen and oxygen atoms in total. The van der Waals surface area contributed by atoms with Gasteiger partial charge in [0.05, 0.1) is 0 Å². The molecule has 72 valence electrons. The molecule has 0 heterocycles. The molecule has 2 bridgehead atoms. The second kappa shape index (κ2) is 2.84. The summed E-state index contributed by atoms with van der Waals surface area (Å²) in [5.41, 5.74) is 0.364. The summed E-state index contributed by atoms with van der Waals surface area (Å²) < 4.78 is 0. The molecule has 0 aromatic carbocycles. The molecule has 2 rings (SSSR count). The predicted octanol–water partition coefficient (Wildman–Crippen LogP) is 1.18. The smallest absolute Gasteiger partial charge is 0.331 e. The third-order valence-corrected chi connectivity index (χ3v) is 3.44. The minimum atomic E-state index is -0.796. The van der Waals surface area contributed by atoms with Crippen LogP contribution in [0.3, 0.4) is 0 Å². The van der Waals surface area contributed by atoms with Gasteiger partial charge in [-0.2, -0.15) is 0 Å². The van der Waals surface area contributed by atoms with Crippen LogP contribution in [0.4, 0.5) is 0 Å². The Labute approximate surface area is 77.1 Å². The van der Waals surface area contributed by atoms with E-state index in [-0.39, 0.29) is 12.0 Å². The first-order valence-electron chi connectivity index (χ1n) is 4.74. The molecule has 0 radical (unpaired) electrons. The molecule has 2 aliphatic carbocycles. The lowest BCUT2D eigenvalue weighted by Gasteiger charge is -2.26. The molecule has 0 saturated heterocycles. The maximum absolute atomic E-state index is 10.9. The number of carbonyl (C=O) groups is 1. The molecule has 2 atom stereocenters. The van der Waals surface area contributed by atoms with Gasteiger partial charge in [0, 0.05) is 17.6 Å². The average molecular weight is 182 g/mol. The van der Waals surface area contributed by atoms with E-state index in [1.807, 2.05) is 6.08 Å². The molecule has 0 aliphatic heterocycles. The normalized spacial score (nSPS) is 36.4. The molecule has 0 spiro atoms. The molecule has 1 saturated carbocycles. The summed E-state index contributed by atoms with van der Waals surface area (Å²) in [6.07, 6.45) is 5.48. The van der Waals surface area contributed by atoms with E-state index < -0.39 is 5.97 Å². The largest absolute Gasteiger partial charge is 0.478 e. The van der Waals surface area contributed by atoms with Crippen LogP contribution in [-0.4, -0.2) is 22.8 Å². The minimum absolute atomic E-state index is 0.0946. The number of carboxylic acid groups (broad SMARTS) is 1. The van der Waals surface area contributed by atoms with Crippen LogP contribution in [0, 0.1) is 11.3 Å². The second-order valence-electron chi connectivity index (χ2n) is 4.14. The standard InChI is InChI=1S/C10H14O3/c11-4-3-10-2-1-7(6-10)5-8(10)9(12)13/h5,7,11H,1-4,6H2,(H,12,13). The van der Waals surface area contributed by atoms with Crippen molar-refractivity contribution < 1.29 is 15.0 Å². The quantitative estimate of drug-likeness (QED) is 0.689. The highest BCUT2D eigenvalue weighted by atomic mass is 16.4. The lowest BCUT2D eigenvalue weighted by Crippen LogP contribution is -2.24. The van der Waals surface area contributed by atoms with Crippen molar-refractivity contribution in [2.45, 2.75) is 25.7 Å². The molecule has 0 amide bonds. The van der Waals surface area contributed by atoms with Crippen LogP contribution in [0.15, 0.2) is 11.6 Å². The molecule has 3 heteroatoms. The van der Waals surface area contributed by atoms with Crippen LogP contribution in [0.1, 0.15) is 25.7 Å². The number of aliphatic hydroxyl groups excluding tert-OH is 1. The van der Waals surface area contributed by atoms with Crippen LogP contribution in [0.5, 0.6) is 0 Å². The first-order valence-corrected chi connectivity index (χ1v) is 4.74. The summed E-state index contributed by atoms with van der Waals surface area (Å²) in [4.78, 5) is 10.9. The van der Waals surface area contributed by atoms with E-state index in [0.717, 1.165) is 19.3 Å². The van der Waals surface area contributed by atoms with Crippen molar-refractivity contribution in [3.63, 3.8) is 0 Å². The van der Waals surface area contributed by atoms with Gasteiger partial charge < -0.3 is 10.2 Å². The van der Waals surface area contributed by atoms with Gasteiger partial charge in [0.1, 0.15) is 0 Å². The number of fused-ring (bicyclic) bond motifs is 2. The first kappa shape index (κ1) is 8.75. The average Bonchev–Trinajstić information content (AvgIpc) is 2.60. The van der Waals surface area contributed by atoms with Gasteiger partial charge in [-0.25, -0.2) is 4.79 Å². The third kappa shape index (κ3) is 1.18. The van der Waals surface area contributed by atoms with E-state index in [1.165, 1.54) is 0 Å². The van der Waals surface area contributed by atoms with E-state index >= 15 is 0 Å². The Morgan fingerprint density at radius 2 is 2.46 bits per heavy atom. The number of carboxylic acids is 1. The highest BCUT2D eigenvalue weighted by Crippen LogP contribution is 2.55. The summed E-state index contributed by atoms with van der Waals surface area (Å²) in [5, 5.41) is 17.9. The van der Waals surface area contributed by atoms with Crippen molar-refractivity contribution >= 4 is 5.97 Å². The zero-order valence-corrected chi connectivity index (χ0v) is 7.49. The Balaban J connectivity index is 2.27. The first-order chi connectivity index (χ1) is 6.18. The number of hydrogen-bond acceptors (Lipinski definition) is 2. The molecule has 2 N–H and O–H groups in total. The molecule has 13 heavy (non-hydrogen) atoms. The number of aliphatic hydroxyl groups is 1. The van der Waals surface area contributed by atoms with Crippen molar-refractivity contribution in [3.8, 4) is 0 Å². The van der Waals surface area contributed by atoms with Gasteiger partial charge in [0.15, 0.2) is 0 Å². The summed E-state index contributed by atoms with van der Waals surface area (Å²) in [5.74, 6) is -0.340. The number of rotatable bonds is 3. The van der Waals surface area contributed by atoms with Crippen LogP contribution in [0.2, 0.25) is 0 Å². The van der Waals surface area contributed by atoms with E-state index in [4.69, 9.17) is 10.2 Å². The van der Waals surface area contributed by atoms with Crippen LogP contribution in [-0.2, 0) is 4.79 Å². The fraction of sp³-hybridized carbons (Fsp3) is 0.700. The van der Waals surface area contributed by atoms with Crippen LogP contribution < -0.4 is 0 Å². The predicted molar refractivity (Wildman–Crippen MR) is 47.2 cm³/mol. The van der Waals surface area contributed by atoms with E-state index in [0.29, 0.717) is 17.9 Å². The molecule has 0 aromatic heterocycles. The molecule has 2 unspecified atom stereocenters. The summed E-state index contributed by atoms with van der Waals surface area (Å²) in [6, 6.07) is 0. The second-order valence-corrected chi connectivity index (χ2v) is 4.14. The van der Waals surface area contributed by atoms with Gasteiger partial charge >= 0.3 is 5.97 Å². The molecule has 1 fully saturated rings.